The zero-order chi connectivity index (χ0) is 14.7. The minimum atomic E-state index is -0.122. The summed E-state index contributed by atoms with van der Waals surface area (Å²) in [7, 11) is 1.61. The zero-order valence-corrected chi connectivity index (χ0v) is 12.8. The van der Waals surface area contributed by atoms with Crippen molar-refractivity contribution in [3.8, 4) is 0 Å². The minimum Gasteiger partial charge on any atom is -0.359 e. The minimum absolute atomic E-state index is 0.0251. The topological polar surface area (TPSA) is 66.5 Å². The molecular weight excluding hydrogens is 264 g/mol. The highest BCUT2D eigenvalue weighted by Gasteiger charge is 2.15. The van der Waals surface area contributed by atoms with Crippen LogP contribution >= 0.6 is 11.8 Å². The molecule has 0 bridgehead atoms. The fourth-order valence-corrected chi connectivity index (χ4v) is 1.86. The number of rotatable bonds is 10. The number of hydrogen-bond acceptors (Lipinski definition) is 4. The van der Waals surface area contributed by atoms with Gasteiger partial charge in [0.05, 0.1) is 0 Å². The highest BCUT2D eigenvalue weighted by atomic mass is 32.2. The van der Waals surface area contributed by atoms with Crippen molar-refractivity contribution in [2.75, 3.05) is 19.8 Å². The van der Waals surface area contributed by atoms with Crippen LogP contribution in [0.1, 0.15) is 39.0 Å². The molecule has 0 radical (unpaired) electrons. The van der Waals surface area contributed by atoms with Crippen LogP contribution in [0.3, 0.4) is 0 Å². The van der Waals surface area contributed by atoms with Gasteiger partial charge in [-0.2, -0.15) is 11.8 Å². The van der Waals surface area contributed by atoms with Gasteiger partial charge in [0, 0.05) is 31.7 Å². The molecule has 0 aliphatic rings. The van der Waals surface area contributed by atoms with Gasteiger partial charge in [0.1, 0.15) is 0 Å². The van der Waals surface area contributed by atoms with Crippen molar-refractivity contribution in [3.05, 3.63) is 0 Å². The average Bonchev–Trinajstić information content (AvgIpc) is 2.41. The molecule has 1 N–H and O–H groups in total. The normalized spacial score (nSPS) is 11.7. The predicted octanol–water partition coefficient (Wildman–Crippen LogP) is 1.42. The molecule has 0 saturated heterocycles. The van der Waals surface area contributed by atoms with Crippen molar-refractivity contribution >= 4 is 30.0 Å². The maximum absolute atomic E-state index is 11.8. The van der Waals surface area contributed by atoms with Crippen molar-refractivity contribution < 1.29 is 14.4 Å². The van der Waals surface area contributed by atoms with Gasteiger partial charge >= 0.3 is 0 Å². The fraction of sp³-hybridized carbons (Fsp3) is 0.769. The smallest absolute Gasteiger partial charge is 0.230 e. The Labute approximate surface area is 119 Å². The lowest BCUT2D eigenvalue weighted by atomic mass is 10.2. The Morgan fingerprint density at radius 1 is 1.32 bits per heavy atom. The highest BCUT2D eigenvalue weighted by Crippen LogP contribution is 2.11. The van der Waals surface area contributed by atoms with Crippen molar-refractivity contribution in [1.29, 1.82) is 0 Å². The molecule has 1 unspecified atom stereocenters. The monoisotopic (exact) mass is 288 g/mol. The van der Waals surface area contributed by atoms with Gasteiger partial charge in [-0.1, -0.05) is 13.3 Å². The Bertz CT molecular complexity index is 298. The second kappa shape index (κ2) is 10.8. The van der Waals surface area contributed by atoms with Crippen LogP contribution in [0.4, 0.5) is 0 Å². The van der Waals surface area contributed by atoms with Crippen LogP contribution in [-0.4, -0.2) is 48.2 Å². The largest absolute Gasteiger partial charge is 0.359 e. The molecule has 0 rings (SSSR count). The lowest BCUT2D eigenvalue weighted by molar-refractivity contribution is -0.138. The molecule has 0 aliphatic heterocycles. The quantitative estimate of drug-likeness (QED) is 0.488. The van der Waals surface area contributed by atoms with Crippen molar-refractivity contribution in [2.24, 2.45) is 0 Å². The first kappa shape index (κ1) is 18.0. The van der Waals surface area contributed by atoms with E-state index in [2.05, 4.69) is 5.32 Å². The molecule has 19 heavy (non-hydrogen) atoms. The number of imide groups is 1. The van der Waals surface area contributed by atoms with E-state index in [9.17, 15) is 14.4 Å². The molecule has 0 heterocycles. The number of carbonyl (C=O) groups is 3. The van der Waals surface area contributed by atoms with Gasteiger partial charge in [0.15, 0.2) is 0 Å². The second-order valence-electron chi connectivity index (χ2n) is 4.43. The summed E-state index contributed by atoms with van der Waals surface area (Å²) < 4.78 is 0. The SMILES string of the molecule is CNC(=O)CCCCCN(C=O)C(=O)CC(C)SC. The number of thioether (sulfide) groups is 1. The van der Waals surface area contributed by atoms with E-state index in [1.165, 1.54) is 4.90 Å². The third-order valence-corrected chi connectivity index (χ3v) is 3.87. The predicted molar refractivity (Wildman–Crippen MR) is 77.9 cm³/mol. The van der Waals surface area contributed by atoms with Crippen LogP contribution in [-0.2, 0) is 14.4 Å². The molecule has 5 nitrogen and oxygen atoms in total. The molecule has 0 aliphatic carbocycles. The average molecular weight is 288 g/mol. The molecule has 6 heteroatoms. The second-order valence-corrected chi connectivity index (χ2v) is 5.70. The van der Waals surface area contributed by atoms with E-state index in [1.807, 2.05) is 13.2 Å². The summed E-state index contributed by atoms with van der Waals surface area (Å²) in [5.74, 6) is -0.0970. The van der Waals surface area contributed by atoms with E-state index in [0.717, 1.165) is 19.3 Å². The Balaban J connectivity index is 3.84. The molecule has 0 fully saturated rings. The first-order chi connectivity index (χ1) is 9.04. The molecule has 0 aromatic heterocycles. The summed E-state index contributed by atoms with van der Waals surface area (Å²) in [6.45, 7) is 2.41. The standard InChI is InChI=1S/C13H24N2O3S/c1-11(19-3)9-13(18)15(10-16)8-6-4-5-7-12(17)14-2/h10-11H,4-9H2,1-3H3,(H,14,17). The van der Waals surface area contributed by atoms with Crippen LogP contribution in [0, 0.1) is 0 Å². The van der Waals surface area contributed by atoms with Crippen molar-refractivity contribution in [3.63, 3.8) is 0 Å². The van der Waals surface area contributed by atoms with Gasteiger partial charge in [-0.25, -0.2) is 0 Å². The lowest BCUT2D eigenvalue weighted by Crippen LogP contribution is -2.32. The van der Waals surface area contributed by atoms with E-state index in [-0.39, 0.29) is 17.1 Å². The summed E-state index contributed by atoms with van der Waals surface area (Å²) in [6, 6.07) is 0. The summed E-state index contributed by atoms with van der Waals surface area (Å²) in [4.78, 5) is 34.9. The molecule has 3 amide bonds. The van der Waals surface area contributed by atoms with Crippen molar-refractivity contribution in [2.45, 2.75) is 44.3 Å². The number of carbonyl (C=O) groups excluding carboxylic acids is 3. The fourth-order valence-electron chi connectivity index (χ4n) is 1.55. The van der Waals surface area contributed by atoms with Gasteiger partial charge < -0.3 is 5.32 Å². The lowest BCUT2D eigenvalue weighted by Gasteiger charge is -2.17. The van der Waals surface area contributed by atoms with Crippen molar-refractivity contribution in [1.82, 2.24) is 10.2 Å². The van der Waals surface area contributed by atoms with E-state index < -0.39 is 0 Å². The number of unbranched alkanes of at least 4 members (excludes halogenated alkanes) is 2. The molecular formula is C13H24N2O3S. The Hall–Kier alpha value is -1.04. The number of hydrogen-bond donors (Lipinski definition) is 1. The Morgan fingerprint density at radius 3 is 2.53 bits per heavy atom. The van der Waals surface area contributed by atoms with Crippen LogP contribution < -0.4 is 5.32 Å². The Morgan fingerprint density at radius 2 is 2.00 bits per heavy atom. The summed E-state index contributed by atoms with van der Waals surface area (Å²) in [5.41, 5.74) is 0. The molecule has 0 spiro atoms. The molecule has 0 saturated carbocycles. The summed E-state index contributed by atoms with van der Waals surface area (Å²) >= 11 is 1.61. The molecule has 0 aromatic rings. The van der Waals surface area contributed by atoms with Gasteiger partial charge in [0.25, 0.3) is 0 Å². The van der Waals surface area contributed by atoms with Gasteiger partial charge in [-0.05, 0) is 19.1 Å². The van der Waals surface area contributed by atoms with Crippen LogP contribution in [0.2, 0.25) is 0 Å². The van der Waals surface area contributed by atoms with E-state index in [1.54, 1.807) is 18.8 Å². The van der Waals surface area contributed by atoms with Crippen LogP contribution in [0.15, 0.2) is 0 Å². The molecule has 0 aromatic carbocycles. The zero-order valence-electron chi connectivity index (χ0n) is 12.0. The third-order valence-electron chi connectivity index (χ3n) is 2.89. The number of nitrogens with zero attached hydrogens (tertiary/aromatic N) is 1. The number of nitrogens with one attached hydrogen (secondary N) is 1. The summed E-state index contributed by atoms with van der Waals surface area (Å²) in [6.07, 6.45) is 5.79. The van der Waals surface area contributed by atoms with E-state index in [4.69, 9.17) is 0 Å². The summed E-state index contributed by atoms with van der Waals surface area (Å²) in [5, 5.41) is 2.79. The van der Waals surface area contributed by atoms with Gasteiger partial charge in [-0.3, -0.25) is 19.3 Å². The maximum atomic E-state index is 11.8. The van der Waals surface area contributed by atoms with E-state index in [0.29, 0.717) is 25.8 Å². The van der Waals surface area contributed by atoms with Crippen LogP contribution in [0.25, 0.3) is 0 Å². The molecule has 110 valence electrons. The maximum Gasteiger partial charge on any atom is 0.230 e. The van der Waals surface area contributed by atoms with Gasteiger partial charge in [-0.15, -0.1) is 0 Å². The number of amides is 3. The first-order valence-corrected chi connectivity index (χ1v) is 7.82. The first-order valence-electron chi connectivity index (χ1n) is 6.53. The van der Waals surface area contributed by atoms with Gasteiger partial charge in [0.2, 0.25) is 18.2 Å². The van der Waals surface area contributed by atoms with Crippen LogP contribution in [0.5, 0.6) is 0 Å². The molecule has 1 atom stereocenters. The highest BCUT2D eigenvalue weighted by molar-refractivity contribution is 7.99. The Kier molecular flexibility index (Phi) is 10.2. The van der Waals surface area contributed by atoms with E-state index >= 15 is 0 Å². The third kappa shape index (κ3) is 8.64.